The van der Waals surface area contributed by atoms with Crippen molar-refractivity contribution in [1.29, 1.82) is 0 Å². The number of anilines is 1. The second kappa shape index (κ2) is 9.03. The second-order valence-corrected chi connectivity index (χ2v) is 7.55. The highest BCUT2D eigenvalue weighted by molar-refractivity contribution is 5.92. The summed E-state index contributed by atoms with van der Waals surface area (Å²) >= 11 is 0. The van der Waals surface area contributed by atoms with Crippen molar-refractivity contribution < 1.29 is 22.4 Å². The molecule has 6 nitrogen and oxygen atoms in total. The molecule has 164 valence electrons. The van der Waals surface area contributed by atoms with Crippen LogP contribution in [-0.4, -0.2) is 58.3 Å². The van der Waals surface area contributed by atoms with E-state index >= 15 is 0 Å². The van der Waals surface area contributed by atoms with E-state index in [1.54, 1.807) is 12.1 Å². The molecule has 0 atom stereocenters. The standard InChI is InChI=1S/C20H25F4N5O/c1-13-3-2-4-16(25)15(13)12-29(10-9-28-7-5-14(21)6-8-28)19(30)17-11-18(27-26-17)20(22,23)24/h2-4,11,14H,5-10,12,25H2,1H3,(H,26,27). The van der Waals surface area contributed by atoms with Crippen LogP contribution in [-0.2, 0) is 12.7 Å². The lowest BCUT2D eigenvalue weighted by atomic mass is 10.1. The molecule has 0 aliphatic carbocycles. The number of alkyl halides is 4. The van der Waals surface area contributed by atoms with Gasteiger partial charge in [0.1, 0.15) is 11.9 Å². The predicted octanol–water partition coefficient (Wildman–Crippen LogP) is 3.40. The fraction of sp³-hybridized carbons (Fsp3) is 0.500. The van der Waals surface area contributed by atoms with E-state index in [1.165, 1.54) is 4.90 Å². The lowest BCUT2D eigenvalue weighted by molar-refractivity contribution is -0.141. The van der Waals surface area contributed by atoms with Crippen molar-refractivity contribution in [2.24, 2.45) is 0 Å². The number of nitrogens with zero attached hydrogens (tertiary/aromatic N) is 3. The Hall–Kier alpha value is -2.62. The number of nitrogen functional groups attached to an aromatic ring is 1. The minimum atomic E-state index is -4.62. The summed E-state index contributed by atoms with van der Waals surface area (Å²) in [5.41, 5.74) is 6.80. The Morgan fingerprint density at radius 2 is 2.03 bits per heavy atom. The predicted molar refractivity (Wildman–Crippen MR) is 104 cm³/mol. The normalized spacial score (nSPS) is 16.0. The highest BCUT2D eigenvalue weighted by Crippen LogP contribution is 2.28. The van der Waals surface area contributed by atoms with Gasteiger partial charge in [-0.1, -0.05) is 12.1 Å². The van der Waals surface area contributed by atoms with Gasteiger partial charge in [0.05, 0.1) is 0 Å². The summed E-state index contributed by atoms with van der Waals surface area (Å²) in [5.74, 6) is -0.621. The lowest BCUT2D eigenvalue weighted by Gasteiger charge is -2.31. The van der Waals surface area contributed by atoms with Gasteiger partial charge >= 0.3 is 6.18 Å². The summed E-state index contributed by atoms with van der Waals surface area (Å²) in [6.07, 6.45) is -4.55. The average molecular weight is 427 g/mol. The maximum atomic E-state index is 13.4. The third kappa shape index (κ3) is 5.29. The van der Waals surface area contributed by atoms with Gasteiger partial charge in [0, 0.05) is 44.5 Å². The highest BCUT2D eigenvalue weighted by Gasteiger charge is 2.34. The summed E-state index contributed by atoms with van der Waals surface area (Å²) < 4.78 is 52.0. The molecule has 1 fully saturated rings. The summed E-state index contributed by atoms with van der Waals surface area (Å²) in [6.45, 7) is 3.91. The van der Waals surface area contributed by atoms with Gasteiger partial charge in [0.15, 0.2) is 5.69 Å². The maximum absolute atomic E-state index is 13.4. The fourth-order valence-electron chi connectivity index (χ4n) is 3.51. The average Bonchev–Trinajstić information content (AvgIpc) is 3.19. The third-order valence-electron chi connectivity index (χ3n) is 5.39. The van der Waals surface area contributed by atoms with Crippen LogP contribution < -0.4 is 5.73 Å². The van der Waals surface area contributed by atoms with Crippen LogP contribution in [0.3, 0.4) is 0 Å². The molecule has 1 aromatic carbocycles. The fourth-order valence-corrected chi connectivity index (χ4v) is 3.51. The number of hydrogen-bond acceptors (Lipinski definition) is 4. The number of aromatic amines is 1. The molecular weight excluding hydrogens is 402 g/mol. The molecule has 1 aliphatic rings. The number of aryl methyl sites for hydroxylation is 1. The number of carbonyl (C=O) groups is 1. The molecule has 10 heteroatoms. The van der Waals surface area contributed by atoms with Crippen LogP contribution in [0.15, 0.2) is 24.3 Å². The van der Waals surface area contributed by atoms with Gasteiger partial charge in [-0.2, -0.15) is 18.3 Å². The number of amides is 1. The van der Waals surface area contributed by atoms with Gasteiger partial charge in [-0.05, 0) is 37.0 Å². The SMILES string of the molecule is Cc1cccc(N)c1CN(CCN1CCC(F)CC1)C(=O)c1cc(C(F)(F)F)[nH]n1. The Labute approximate surface area is 172 Å². The molecule has 0 saturated carbocycles. The van der Waals surface area contributed by atoms with Crippen molar-refractivity contribution in [2.75, 3.05) is 31.9 Å². The zero-order valence-corrected chi connectivity index (χ0v) is 16.7. The van der Waals surface area contributed by atoms with Gasteiger partial charge < -0.3 is 15.5 Å². The van der Waals surface area contributed by atoms with Gasteiger partial charge in [-0.15, -0.1) is 0 Å². The smallest absolute Gasteiger partial charge is 0.398 e. The molecule has 1 aromatic heterocycles. The van der Waals surface area contributed by atoms with E-state index in [2.05, 4.69) is 5.10 Å². The van der Waals surface area contributed by atoms with Crippen molar-refractivity contribution in [3.05, 3.63) is 46.8 Å². The van der Waals surface area contributed by atoms with Crippen molar-refractivity contribution in [3.63, 3.8) is 0 Å². The molecule has 0 unspecified atom stereocenters. The molecule has 1 saturated heterocycles. The Morgan fingerprint density at radius 3 is 2.63 bits per heavy atom. The molecule has 3 rings (SSSR count). The van der Waals surface area contributed by atoms with E-state index in [0.717, 1.165) is 11.1 Å². The monoisotopic (exact) mass is 427 g/mol. The van der Waals surface area contributed by atoms with Gasteiger partial charge in [0.25, 0.3) is 5.91 Å². The molecule has 3 N–H and O–H groups in total. The maximum Gasteiger partial charge on any atom is 0.432 e. The van der Waals surface area contributed by atoms with Crippen LogP contribution in [0.25, 0.3) is 0 Å². The van der Waals surface area contributed by atoms with E-state index in [0.29, 0.717) is 44.2 Å². The van der Waals surface area contributed by atoms with Gasteiger partial charge in [0.2, 0.25) is 0 Å². The van der Waals surface area contributed by atoms with Crippen LogP contribution >= 0.6 is 0 Å². The first-order valence-electron chi connectivity index (χ1n) is 9.77. The quantitative estimate of drug-likeness (QED) is 0.547. The molecule has 2 heterocycles. The van der Waals surface area contributed by atoms with Crippen LogP contribution in [0.1, 0.15) is 40.2 Å². The number of aromatic nitrogens is 2. The van der Waals surface area contributed by atoms with Crippen LogP contribution in [0, 0.1) is 6.92 Å². The lowest BCUT2D eigenvalue weighted by Crippen LogP contribution is -2.42. The minimum absolute atomic E-state index is 0.144. The largest absolute Gasteiger partial charge is 0.432 e. The Kier molecular flexibility index (Phi) is 6.64. The number of benzene rings is 1. The molecule has 1 aliphatic heterocycles. The number of carbonyl (C=O) groups excluding carboxylic acids is 1. The third-order valence-corrected chi connectivity index (χ3v) is 5.39. The number of halogens is 4. The molecule has 0 bridgehead atoms. The van der Waals surface area contributed by atoms with Crippen LogP contribution in [0.4, 0.5) is 23.2 Å². The molecule has 30 heavy (non-hydrogen) atoms. The second-order valence-electron chi connectivity index (χ2n) is 7.55. The summed E-state index contributed by atoms with van der Waals surface area (Å²) in [4.78, 5) is 16.5. The van der Waals surface area contributed by atoms with Crippen LogP contribution in [0.2, 0.25) is 0 Å². The first-order valence-corrected chi connectivity index (χ1v) is 9.77. The van der Waals surface area contributed by atoms with Gasteiger partial charge in [-0.3, -0.25) is 9.89 Å². The number of hydrogen-bond donors (Lipinski definition) is 2. The molecule has 1 amide bonds. The molecular formula is C20H25F4N5O. The number of rotatable bonds is 6. The summed E-state index contributed by atoms with van der Waals surface area (Å²) in [7, 11) is 0. The zero-order valence-electron chi connectivity index (χ0n) is 16.7. The Bertz CT molecular complexity index is 854. The zero-order chi connectivity index (χ0) is 21.9. The van der Waals surface area contributed by atoms with E-state index in [1.807, 2.05) is 23.0 Å². The van der Waals surface area contributed by atoms with Crippen LogP contribution in [0.5, 0.6) is 0 Å². The first kappa shape index (κ1) is 22.1. The van der Waals surface area contributed by atoms with E-state index < -0.39 is 23.9 Å². The number of piperidine rings is 1. The van der Waals surface area contributed by atoms with E-state index in [4.69, 9.17) is 5.73 Å². The number of nitrogens with two attached hydrogens (primary N) is 1. The van der Waals surface area contributed by atoms with Crippen molar-refractivity contribution in [2.45, 2.75) is 38.7 Å². The first-order chi connectivity index (χ1) is 14.1. The molecule has 0 radical (unpaired) electrons. The summed E-state index contributed by atoms with van der Waals surface area (Å²) in [5, 5.41) is 5.44. The van der Waals surface area contributed by atoms with Crippen molar-refractivity contribution >= 4 is 11.6 Å². The molecule has 2 aromatic rings. The Balaban J connectivity index is 1.79. The van der Waals surface area contributed by atoms with Gasteiger partial charge in [-0.25, -0.2) is 4.39 Å². The number of H-pyrrole nitrogens is 1. The highest BCUT2D eigenvalue weighted by atomic mass is 19.4. The molecule has 0 spiro atoms. The summed E-state index contributed by atoms with van der Waals surface area (Å²) in [6, 6.07) is 6.08. The van der Waals surface area contributed by atoms with Crippen molar-refractivity contribution in [3.8, 4) is 0 Å². The minimum Gasteiger partial charge on any atom is -0.398 e. The van der Waals surface area contributed by atoms with E-state index in [-0.39, 0.29) is 18.8 Å². The Morgan fingerprint density at radius 1 is 1.33 bits per heavy atom. The van der Waals surface area contributed by atoms with Crippen molar-refractivity contribution in [1.82, 2.24) is 20.0 Å². The number of nitrogens with one attached hydrogen (secondary N) is 1. The number of likely N-dealkylation sites (tertiary alicyclic amines) is 1. The topological polar surface area (TPSA) is 78.2 Å². The van der Waals surface area contributed by atoms with E-state index in [9.17, 15) is 22.4 Å².